The fraction of sp³-hybridized carbons (Fsp3) is 0.400. The molecule has 2 aromatic rings. The highest BCUT2D eigenvalue weighted by Crippen LogP contribution is 2.35. The largest absolute Gasteiger partial charge is 0.338 e. The van der Waals surface area contributed by atoms with Crippen molar-refractivity contribution < 1.29 is 14.4 Å². The van der Waals surface area contributed by atoms with Crippen LogP contribution in [0.1, 0.15) is 38.8 Å². The van der Waals surface area contributed by atoms with Crippen molar-refractivity contribution in [3.63, 3.8) is 0 Å². The fourth-order valence-electron chi connectivity index (χ4n) is 4.04. The zero-order valence-corrected chi connectivity index (χ0v) is 16.7. The highest BCUT2D eigenvalue weighted by Gasteiger charge is 2.54. The van der Waals surface area contributed by atoms with Crippen LogP contribution in [-0.2, 0) is 11.3 Å². The van der Waals surface area contributed by atoms with Crippen LogP contribution in [0.3, 0.4) is 0 Å². The second kappa shape index (κ2) is 7.01. The fourth-order valence-corrected chi connectivity index (χ4v) is 4.92. The Morgan fingerprint density at radius 2 is 1.86 bits per heavy atom. The first-order valence-corrected chi connectivity index (χ1v) is 10.1. The Morgan fingerprint density at radius 3 is 2.46 bits per heavy atom. The summed E-state index contributed by atoms with van der Waals surface area (Å²) in [4.78, 5) is 46.4. The zero-order chi connectivity index (χ0) is 19.9. The van der Waals surface area contributed by atoms with Crippen LogP contribution in [0.15, 0.2) is 30.3 Å². The molecule has 2 saturated heterocycles. The number of thiazole rings is 1. The number of likely N-dealkylation sites (tertiary alicyclic amines) is 1. The summed E-state index contributed by atoms with van der Waals surface area (Å²) in [6.07, 6.45) is 0.861. The van der Waals surface area contributed by atoms with Gasteiger partial charge in [0.2, 0.25) is 0 Å². The molecule has 1 spiro atoms. The SMILES string of the molecule is Cc1nc(C)c(C(=O)N2CCC3(CC2)C(=O)NC(=O)N3Cc2ccccc2)s1. The summed E-state index contributed by atoms with van der Waals surface area (Å²) in [5.74, 6) is -0.303. The Morgan fingerprint density at radius 1 is 1.18 bits per heavy atom. The van der Waals surface area contributed by atoms with Crippen molar-refractivity contribution in [3.05, 3.63) is 51.5 Å². The van der Waals surface area contributed by atoms with Crippen molar-refractivity contribution in [2.45, 2.75) is 38.8 Å². The molecule has 2 fully saturated rings. The Kier molecular flexibility index (Phi) is 4.66. The number of carbonyl (C=O) groups excluding carboxylic acids is 3. The minimum atomic E-state index is -0.887. The van der Waals surface area contributed by atoms with Crippen molar-refractivity contribution in [1.82, 2.24) is 20.1 Å². The Hall–Kier alpha value is -2.74. The van der Waals surface area contributed by atoms with Crippen molar-refractivity contribution >= 4 is 29.2 Å². The summed E-state index contributed by atoms with van der Waals surface area (Å²) in [6.45, 7) is 4.96. The first kappa shape index (κ1) is 18.6. The van der Waals surface area contributed by atoms with Gasteiger partial charge in [0, 0.05) is 19.6 Å². The minimum absolute atomic E-state index is 0.0442. The number of amides is 4. The first-order valence-electron chi connectivity index (χ1n) is 9.31. The molecule has 2 aliphatic rings. The van der Waals surface area contributed by atoms with Crippen LogP contribution in [0.2, 0.25) is 0 Å². The van der Waals surface area contributed by atoms with E-state index in [1.54, 1.807) is 9.80 Å². The minimum Gasteiger partial charge on any atom is -0.338 e. The lowest BCUT2D eigenvalue weighted by Crippen LogP contribution is -2.57. The van der Waals surface area contributed by atoms with Crippen LogP contribution in [0.4, 0.5) is 4.79 Å². The number of aromatic nitrogens is 1. The molecule has 4 rings (SSSR count). The molecule has 0 atom stereocenters. The third-order valence-corrected chi connectivity index (χ3v) is 6.62. The van der Waals surface area contributed by atoms with Crippen LogP contribution in [0, 0.1) is 13.8 Å². The third kappa shape index (κ3) is 3.07. The van der Waals surface area contributed by atoms with Crippen molar-refractivity contribution in [3.8, 4) is 0 Å². The van der Waals surface area contributed by atoms with Gasteiger partial charge < -0.3 is 9.80 Å². The molecule has 1 aromatic carbocycles. The van der Waals surface area contributed by atoms with E-state index in [-0.39, 0.29) is 17.8 Å². The monoisotopic (exact) mass is 398 g/mol. The number of hydrogen-bond donors (Lipinski definition) is 1. The summed E-state index contributed by atoms with van der Waals surface area (Å²) >= 11 is 1.40. The van der Waals surface area contributed by atoms with E-state index in [0.717, 1.165) is 16.3 Å². The van der Waals surface area contributed by atoms with Crippen molar-refractivity contribution in [2.24, 2.45) is 0 Å². The van der Waals surface area contributed by atoms with Crippen LogP contribution in [-0.4, -0.2) is 51.3 Å². The maximum Gasteiger partial charge on any atom is 0.325 e. The molecule has 0 radical (unpaired) electrons. The lowest BCUT2D eigenvalue weighted by Gasteiger charge is -2.42. The quantitative estimate of drug-likeness (QED) is 0.806. The van der Waals surface area contributed by atoms with Gasteiger partial charge >= 0.3 is 6.03 Å². The average Bonchev–Trinajstić information content (AvgIpc) is 3.14. The van der Waals surface area contributed by atoms with E-state index >= 15 is 0 Å². The summed E-state index contributed by atoms with van der Waals surface area (Å²) in [5, 5.41) is 3.34. The molecule has 7 nitrogen and oxygen atoms in total. The number of imide groups is 1. The Balaban J connectivity index is 1.52. The molecular formula is C20H22N4O3S. The summed E-state index contributed by atoms with van der Waals surface area (Å²) in [7, 11) is 0. The van der Waals surface area contributed by atoms with Crippen LogP contribution in [0.5, 0.6) is 0 Å². The van der Waals surface area contributed by atoms with E-state index in [1.807, 2.05) is 44.2 Å². The van der Waals surface area contributed by atoms with Crippen LogP contribution in [0.25, 0.3) is 0 Å². The maximum absolute atomic E-state index is 12.9. The molecule has 1 N–H and O–H groups in total. The van der Waals surface area contributed by atoms with Gasteiger partial charge in [-0.1, -0.05) is 30.3 Å². The second-order valence-corrected chi connectivity index (χ2v) is 8.51. The number of nitrogens with one attached hydrogen (secondary N) is 1. The van der Waals surface area contributed by atoms with Gasteiger partial charge in [-0.2, -0.15) is 0 Å². The number of carbonyl (C=O) groups is 3. The second-order valence-electron chi connectivity index (χ2n) is 7.30. The molecule has 4 amide bonds. The Labute approximate surface area is 167 Å². The van der Waals surface area contributed by atoms with Crippen LogP contribution < -0.4 is 5.32 Å². The van der Waals surface area contributed by atoms with Gasteiger partial charge in [-0.25, -0.2) is 9.78 Å². The van der Waals surface area contributed by atoms with E-state index in [2.05, 4.69) is 10.3 Å². The van der Waals surface area contributed by atoms with Gasteiger partial charge in [-0.15, -0.1) is 11.3 Å². The van der Waals surface area contributed by atoms with E-state index in [4.69, 9.17) is 0 Å². The van der Waals surface area contributed by atoms with Gasteiger partial charge in [0.05, 0.1) is 10.7 Å². The normalized spacial score (nSPS) is 18.6. The highest BCUT2D eigenvalue weighted by molar-refractivity contribution is 7.13. The molecule has 28 heavy (non-hydrogen) atoms. The molecule has 8 heteroatoms. The number of nitrogens with zero attached hydrogens (tertiary/aromatic N) is 3. The number of aryl methyl sites for hydroxylation is 2. The van der Waals surface area contributed by atoms with Gasteiger partial charge in [0.15, 0.2) is 0 Å². The standard InChI is InChI=1S/C20H22N4O3S/c1-13-16(28-14(2)21-13)17(25)23-10-8-20(9-11-23)18(26)22-19(27)24(20)12-15-6-4-3-5-7-15/h3-7H,8-12H2,1-2H3,(H,22,26,27). The molecule has 0 saturated carbocycles. The predicted octanol–water partition coefficient (Wildman–Crippen LogP) is 2.49. The Bertz CT molecular complexity index is 932. The lowest BCUT2D eigenvalue weighted by molar-refractivity contribution is -0.129. The smallest absolute Gasteiger partial charge is 0.325 e. The van der Waals surface area contributed by atoms with Gasteiger partial charge in [0.1, 0.15) is 10.4 Å². The molecule has 3 heterocycles. The van der Waals surface area contributed by atoms with Gasteiger partial charge in [-0.05, 0) is 32.3 Å². The average molecular weight is 398 g/mol. The molecule has 1 aromatic heterocycles. The summed E-state index contributed by atoms with van der Waals surface area (Å²) in [6, 6.07) is 9.27. The molecule has 0 bridgehead atoms. The molecule has 0 unspecified atom stereocenters. The molecule has 146 valence electrons. The molecule has 0 aliphatic carbocycles. The van der Waals surface area contributed by atoms with Crippen molar-refractivity contribution in [2.75, 3.05) is 13.1 Å². The lowest BCUT2D eigenvalue weighted by atomic mass is 9.85. The van der Waals surface area contributed by atoms with E-state index in [0.29, 0.717) is 37.4 Å². The molecular weight excluding hydrogens is 376 g/mol. The van der Waals surface area contributed by atoms with E-state index < -0.39 is 5.54 Å². The summed E-state index contributed by atoms with van der Waals surface area (Å²) < 4.78 is 0. The third-order valence-electron chi connectivity index (χ3n) is 5.56. The van der Waals surface area contributed by atoms with E-state index in [9.17, 15) is 14.4 Å². The summed E-state index contributed by atoms with van der Waals surface area (Å²) in [5.41, 5.74) is 0.829. The predicted molar refractivity (Wildman–Crippen MR) is 105 cm³/mol. The topological polar surface area (TPSA) is 82.6 Å². The maximum atomic E-state index is 12.9. The van der Waals surface area contributed by atoms with Gasteiger partial charge in [-0.3, -0.25) is 14.9 Å². The van der Waals surface area contributed by atoms with E-state index in [1.165, 1.54) is 11.3 Å². The highest BCUT2D eigenvalue weighted by atomic mass is 32.1. The molecule has 2 aliphatic heterocycles. The number of hydrogen-bond acceptors (Lipinski definition) is 5. The van der Waals surface area contributed by atoms with Crippen molar-refractivity contribution in [1.29, 1.82) is 0 Å². The number of piperidine rings is 1. The number of rotatable bonds is 3. The number of benzene rings is 1. The first-order chi connectivity index (χ1) is 13.4. The van der Waals surface area contributed by atoms with Gasteiger partial charge in [0.25, 0.3) is 11.8 Å². The zero-order valence-electron chi connectivity index (χ0n) is 15.9. The van der Waals surface area contributed by atoms with Crippen LogP contribution >= 0.6 is 11.3 Å². The number of urea groups is 1.